The number of fused-ring (bicyclic) bond motifs is 1. The number of ether oxygens (including phenoxy) is 2. The monoisotopic (exact) mass is 541 g/mol. The number of amides is 3. The lowest BCUT2D eigenvalue weighted by Gasteiger charge is -2.34. The highest BCUT2D eigenvalue weighted by Gasteiger charge is 2.36. The summed E-state index contributed by atoms with van der Waals surface area (Å²) in [5, 5.41) is 2.98. The quantitative estimate of drug-likeness (QED) is 0.376. The van der Waals surface area contributed by atoms with Gasteiger partial charge in [0.25, 0.3) is 11.8 Å². The number of hydrogen-bond donors (Lipinski definition) is 3. The second kappa shape index (κ2) is 10.7. The molecule has 0 saturated heterocycles. The largest absolute Gasteiger partial charge is 0.454 e. The van der Waals surface area contributed by atoms with Crippen LogP contribution in [0, 0.1) is 5.82 Å². The number of nitrogens with zero attached hydrogens (tertiary/aromatic N) is 2. The lowest BCUT2D eigenvalue weighted by Crippen LogP contribution is -2.50. The number of halogens is 1. The van der Waals surface area contributed by atoms with Gasteiger partial charge in [-0.3, -0.25) is 14.4 Å². The average molecular weight is 542 g/mol. The molecular weight excluding hydrogens is 513 g/mol. The van der Waals surface area contributed by atoms with E-state index in [1.807, 2.05) is 20.8 Å². The fourth-order valence-electron chi connectivity index (χ4n) is 3.88. The van der Waals surface area contributed by atoms with E-state index in [0.29, 0.717) is 40.6 Å². The number of hydrogen-bond acceptors (Lipinski definition) is 8. The molecule has 3 aromatic rings. The van der Waals surface area contributed by atoms with Crippen LogP contribution in [0.5, 0.6) is 11.5 Å². The van der Waals surface area contributed by atoms with Gasteiger partial charge >= 0.3 is 0 Å². The van der Waals surface area contributed by atoms with Gasteiger partial charge in [0, 0.05) is 12.1 Å². The number of carbonyl (C=O) groups is 3. The number of nitrogens with two attached hydrogens (primary N) is 2. The number of rotatable bonds is 9. The molecule has 1 aliphatic heterocycles. The van der Waals surface area contributed by atoms with Crippen LogP contribution in [0.4, 0.5) is 10.1 Å². The third-order valence-corrected chi connectivity index (χ3v) is 7.15. The summed E-state index contributed by atoms with van der Waals surface area (Å²) in [6.07, 6.45) is 0.620. The molecule has 0 spiro atoms. The van der Waals surface area contributed by atoms with Crippen molar-refractivity contribution in [2.75, 3.05) is 12.5 Å². The second-order valence-corrected chi connectivity index (χ2v) is 10.2. The van der Waals surface area contributed by atoms with E-state index < -0.39 is 35.1 Å². The highest BCUT2D eigenvalue weighted by molar-refractivity contribution is 7.09. The molecule has 0 saturated carbocycles. The first-order valence-corrected chi connectivity index (χ1v) is 12.6. The summed E-state index contributed by atoms with van der Waals surface area (Å²) >= 11 is 0.713. The van der Waals surface area contributed by atoms with Gasteiger partial charge < -0.3 is 31.2 Å². The van der Waals surface area contributed by atoms with Crippen LogP contribution in [0.1, 0.15) is 64.5 Å². The molecule has 0 aliphatic carbocycles. The number of anilines is 1. The Bertz CT molecular complexity index is 1370. The normalized spacial score (nSPS) is 13.2. The molecule has 2 aromatic carbocycles. The third-order valence-electron chi connectivity index (χ3n) is 6.30. The predicted molar refractivity (Wildman–Crippen MR) is 139 cm³/mol. The molecule has 0 bridgehead atoms. The van der Waals surface area contributed by atoms with E-state index in [4.69, 9.17) is 20.9 Å². The zero-order valence-electron chi connectivity index (χ0n) is 21.1. The Labute approximate surface area is 222 Å². The van der Waals surface area contributed by atoms with E-state index in [1.54, 1.807) is 18.2 Å². The average Bonchev–Trinajstić information content (AvgIpc) is 3.50. The Kier molecular flexibility index (Phi) is 7.53. The van der Waals surface area contributed by atoms with Gasteiger partial charge in [0.05, 0.1) is 5.69 Å². The molecule has 38 heavy (non-hydrogen) atoms. The minimum Gasteiger partial charge on any atom is -0.454 e. The van der Waals surface area contributed by atoms with Gasteiger partial charge in [0.1, 0.15) is 16.7 Å². The van der Waals surface area contributed by atoms with Gasteiger partial charge in [0.15, 0.2) is 17.2 Å². The van der Waals surface area contributed by atoms with Crippen LogP contribution in [0.15, 0.2) is 42.5 Å². The summed E-state index contributed by atoms with van der Waals surface area (Å²) < 4.78 is 28.6. The Morgan fingerprint density at radius 2 is 1.84 bits per heavy atom. The van der Waals surface area contributed by atoms with Gasteiger partial charge in [-0.15, -0.1) is 0 Å². The van der Waals surface area contributed by atoms with Crippen molar-refractivity contribution in [3.8, 4) is 11.5 Å². The van der Waals surface area contributed by atoms with E-state index in [0.717, 1.165) is 0 Å². The van der Waals surface area contributed by atoms with Gasteiger partial charge in [-0.25, -0.2) is 4.39 Å². The van der Waals surface area contributed by atoms with Crippen LogP contribution < -0.4 is 26.3 Å². The predicted octanol–water partition coefficient (Wildman–Crippen LogP) is 3.38. The van der Waals surface area contributed by atoms with Crippen LogP contribution in [-0.4, -0.2) is 39.3 Å². The van der Waals surface area contributed by atoms with Crippen molar-refractivity contribution in [1.82, 2.24) is 14.6 Å². The molecule has 1 aromatic heterocycles. The zero-order valence-corrected chi connectivity index (χ0v) is 21.9. The Morgan fingerprint density at radius 3 is 2.47 bits per heavy atom. The summed E-state index contributed by atoms with van der Waals surface area (Å²) in [5.41, 5.74) is 11.5. The van der Waals surface area contributed by atoms with E-state index in [1.165, 1.54) is 29.2 Å². The number of nitrogens with one attached hydrogen (secondary N) is 1. The molecule has 2 heterocycles. The summed E-state index contributed by atoms with van der Waals surface area (Å²) in [5.74, 6) is -1.44. The topological polar surface area (TPSA) is 150 Å². The minimum absolute atomic E-state index is 0.0470. The fraction of sp³-hybridized carbons (Fsp3) is 0.308. The van der Waals surface area contributed by atoms with Crippen molar-refractivity contribution in [2.24, 2.45) is 5.73 Å². The van der Waals surface area contributed by atoms with Gasteiger partial charge in [0.2, 0.25) is 12.7 Å². The van der Waals surface area contributed by atoms with Gasteiger partial charge in [-0.1, -0.05) is 25.1 Å². The first-order chi connectivity index (χ1) is 18.0. The molecule has 3 amide bonds. The molecule has 5 N–H and O–H groups in total. The summed E-state index contributed by atoms with van der Waals surface area (Å²) in [6.45, 7) is 5.65. The van der Waals surface area contributed by atoms with Crippen molar-refractivity contribution in [1.29, 1.82) is 0 Å². The van der Waals surface area contributed by atoms with Crippen molar-refractivity contribution in [3.63, 3.8) is 0 Å². The highest BCUT2D eigenvalue weighted by atomic mass is 32.1. The molecular formula is C26H28FN5O5S. The summed E-state index contributed by atoms with van der Waals surface area (Å²) in [7, 11) is 0. The minimum atomic E-state index is -1.18. The Hall–Kier alpha value is -4.19. The number of nitrogen functional groups attached to an aromatic ring is 1. The molecule has 0 radical (unpaired) electrons. The maximum absolute atomic E-state index is 14.0. The van der Waals surface area contributed by atoms with Crippen molar-refractivity contribution in [2.45, 2.75) is 45.3 Å². The molecule has 4 rings (SSSR count). The Morgan fingerprint density at radius 1 is 1.16 bits per heavy atom. The molecule has 10 nitrogen and oxygen atoms in total. The van der Waals surface area contributed by atoms with Gasteiger partial charge in [-0.05, 0) is 67.2 Å². The van der Waals surface area contributed by atoms with E-state index in [2.05, 4.69) is 9.69 Å². The number of carbonyl (C=O) groups excluding carboxylic acids is 3. The Balaban J connectivity index is 1.83. The van der Waals surface area contributed by atoms with E-state index >= 15 is 0 Å². The number of benzene rings is 2. The highest BCUT2D eigenvalue weighted by Crippen LogP contribution is 2.35. The second-order valence-electron chi connectivity index (χ2n) is 9.44. The van der Waals surface area contributed by atoms with Crippen LogP contribution in [0.2, 0.25) is 0 Å². The number of primary amides is 1. The molecule has 12 heteroatoms. The third kappa shape index (κ3) is 5.54. The molecule has 0 unspecified atom stereocenters. The van der Waals surface area contributed by atoms with Crippen molar-refractivity contribution < 1.29 is 28.2 Å². The summed E-state index contributed by atoms with van der Waals surface area (Å²) in [6, 6.07) is 9.31. The van der Waals surface area contributed by atoms with Crippen LogP contribution in [-0.2, 0) is 11.3 Å². The number of aromatic nitrogens is 1. The van der Waals surface area contributed by atoms with Gasteiger partial charge in [-0.2, -0.15) is 4.37 Å². The SMILES string of the molecule is CCC(C)(C)NC(=O)[C@H](c1ccc(F)cc1)N(Cc1ccc2c(c1)OCO2)C(=O)c1snc(C(N)=O)c1N. The van der Waals surface area contributed by atoms with Crippen LogP contribution in [0.25, 0.3) is 0 Å². The first-order valence-electron chi connectivity index (χ1n) is 11.8. The van der Waals surface area contributed by atoms with E-state index in [9.17, 15) is 18.8 Å². The van der Waals surface area contributed by atoms with Crippen LogP contribution >= 0.6 is 11.5 Å². The zero-order chi connectivity index (χ0) is 27.6. The molecule has 1 atom stereocenters. The van der Waals surface area contributed by atoms with Crippen molar-refractivity contribution in [3.05, 3.63) is 70.0 Å². The first kappa shape index (κ1) is 26.9. The lowest BCUT2D eigenvalue weighted by atomic mass is 9.98. The lowest BCUT2D eigenvalue weighted by molar-refractivity contribution is -0.127. The van der Waals surface area contributed by atoms with E-state index in [-0.39, 0.29) is 29.6 Å². The summed E-state index contributed by atoms with van der Waals surface area (Å²) in [4.78, 5) is 40.8. The molecule has 0 fully saturated rings. The maximum Gasteiger partial charge on any atom is 0.270 e. The van der Waals surface area contributed by atoms with Crippen molar-refractivity contribution >= 4 is 34.9 Å². The molecule has 200 valence electrons. The standard InChI is InChI=1S/C26H28FN5O5S/c1-4-26(2,3)30-24(34)21(15-6-8-16(27)9-7-15)32(12-14-5-10-17-18(11-14)37-13-36-17)25(35)22-19(28)20(23(29)33)31-38-22/h5-11,21H,4,12-13,28H2,1-3H3,(H2,29,33)(H,30,34)/t21-/m0/s1. The molecule has 1 aliphatic rings. The smallest absolute Gasteiger partial charge is 0.270 e. The fourth-order valence-corrected chi connectivity index (χ4v) is 4.65. The van der Waals surface area contributed by atoms with Crippen LogP contribution in [0.3, 0.4) is 0 Å². The maximum atomic E-state index is 14.0.